The molecule has 1 amide bonds. The summed E-state index contributed by atoms with van der Waals surface area (Å²) in [5.41, 5.74) is 1.23. The molecule has 0 aromatic heterocycles. The fourth-order valence-electron chi connectivity index (χ4n) is 2.85. The lowest BCUT2D eigenvalue weighted by Gasteiger charge is -2.25. The second kappa shape index (κ2) is 5.55. The maximum absolute atomic E-state index is 12.4. The number of hydrogen-bond acceptors (Lipinski definition) is 1. The first kappa shape index (κ1) is 13.1. The van der Waals surface area contributed by atoms with Crippen LogP contribution in [-0.2, 0) is 4.79 Å². The molecule has 2 heteroatoms. The van der Waals surface area contributed by atoms with E-state index in [4.69, 9.17) is 0 Å². The van der Waals surface area contributed by atoms with Crippen molar-refractivity contribution >= 4 is 5.91 Å². The lowest BCUT2D eigenvalue weighted by Crippen LogP contribution is -2.30. The second-order valence-electron chi connectivity index (χ2n) is 5.73. The van der Waals surface area contributed by atoms with Crippen LogP contribution >= 0.6 is 0 Å². The van der Waals surface area contributed by atoms with E-state index >= 15 is 0 Å². The van der Waals surface area contributed by atoms with Gasteiger partial charge in [-0.3, -0.25) is 4.79 Å². The van der Waals surface area contributed by atoms with Crippen molar-refractivity contribution in [2.24, 2.45) is 11.8 Å². The van der Waals surface area contributed by atoms with Gasteiger partial charge in [0.25, 0.3) is 0 Å². The average molecular weight is 245 g/mol. The molecule has 0 saturated carbocycles. The Bertz CT molecular complexity index is 399. The molecule has 1 aromatic carbocycles. The quantitative estimate of drug-likeness (QED) is 0.793. The zero-order valence-electron chi connectivity index (χ0n) is 11.6. The predicted octanol–water partition coefficient (Wildman–Crippen LogP) is 3.64. The third-order valence-electron chi connectivity index (χ3n) is 3.86. The highest BCUT2D eigenvalue weighted by atomic mass is 16.2. The highest BCUT2D eigenvalue weighted by Gasteiger charge is 2.34. The maximum atomic E-state index is 12.4. The van der Waals surface area contributed by atoms with Gasteiger partial charge in [0, 0.05) is 12.5 Å². The lowest BCUT2D eigenvalue weighted by molar-refractivity contribution is -0.133. The summed E-state index contributed by atoms with van der Waals surface area (Å²) < 4.78 is 0. The van der Waals surface area contributed by atoms with Crippen molar-refractivity contribution in [2.45, 2.75) is 39.7 Å². The molecule has 18 heavy (non-hydrogen) atoms. The van der Waals surface area contributed by atoms with Crippen LogP contribution in [0.3, 0.4) is 0 Å². The van der Waals surface area contributed by atoms with Crippen molar-refractivity contribution in [1.82, 2.24) is 4.90 Å². The first-order valence-corrected chi connectivity index (χ1v) is 6.95. The molecule has 0 aliphatic carbocycles. The van der Waals surface area contributed by atoms with Crippen LogP contribution in [0.4, 0.5) is 0 Å². The van der Waals surface area contributed by atoms with Gasteiger partial charge in [0.05, 0.1) is 6.04 Å². The number of nitrogens with zero attached hydrogens (tertiary/aromatic N) is 1. The molecule has 0 unspecified atom stereocenters. The van der Waals surface area contributed by atoms with Gasteiger partial charge in [0.2, 0.25) is 5.91 Å². The summed E-state index contributed by atoms with van der Waals surface area (Å²) in [6, 6.07) is 10.5. The van der Waals surface area contributed by atoms with Crippen LogP contribution in [0.2, 0.25) is 0 Å². The first-order valence-electron chi connectivity index (χ1n) is 6.95. The number of amides is 1. The normalized spacial score (nSPS) is 21.7. The van der Waals surface area contributed by atoms with Gasteiger partial charge in [-0.25, -0.2) is 0 Å². The Morgan fingerprint density at radius 1 is 1.22 bits per heavy atom. The zero-order chi connectivity index (χ0) is 13.1. The van der Waals surface area contributed by atoms with Crippen molar-refractivity contribution in [2.75, 3.05) is 6.54 Å². The number of carbonyl (C=O) groups excluding carboxylic acids is 1. The third-order valence-corrected chi connectivity index (χ3v) is 3.86. The Morgan fingerprint density at radius 3 is 2.50 bits per heavy atom. The standard InChI is InChI=1S/C16H23NO/c1-12(2)11-15-9-10-17(16(15)18)13(3)14-7-5-4-6-8-14/h4-8,12-13,15H,9-11H2,1-3H3/t13-,15-/m0/s1. The summed E-state index contributed by atoms with van der Waals surface area (Å²) in [5.74, 6) is 1.20. The average Bonchev–Trinajstić information content (AvgIpc) is 2.71. The Balaban J connectivity index is 2.05. The molecule has 1 aromatic rings. The van der Waals surface area contributed by atoms with Crippen LogP contribution < -0.4 is 0 Å². The van der Waals surface area contributed by atoms with Crippen LogP contribution in [0.1, 0.15) is 45.2 Å². The summed E-state index contributed by atoms with van der Waals surface area (Å²) in [6.07, 6.45) is 2.05. The topological polar surface area (TPSA) is 20.3 Å². The summed E-state index contributed by atoms with van der Waals surface area (Å²) in [7, 11) is 0. The highest BCUT2D eigenvalue weighted by molar-refractivity contribution is 5.81. The van der Waals surface area contributed by atoms with Gasteiger partial charge in [-0.1, -0.05) is 44.2 Å². The number of likely N-dealkylation sites (tertiary alicyclic amines) is 1. The number of rotatable bonds is 4. The van der Waals surface area contributed by atoms with E-state index in [-0.39, 0.29) is 12.0 Å². The second-order valence-corrected chi connectivity index (χ2v) is 5.73. The molecule has 1 aliphatic rings. The SMILES string of the molecule is CC(C)C[C@@H]1CCN([C@@H](C)c2ccccc2)C1=O. The molecule has 2 atom stereocenters. The fraction of sp³-hybridized carbons (Fsp3) is 0.562. The largest absolute Gasteiger partial charge is 0.336 e. The summed E-state index contributed by atoms with van der Waals surface area (Å²) >= 11 is 0. The van der Waals surface area contributed by atoms with Crippen molar-refractivity contribution in [3.05, 3.63) is 35.9 Å². The van der Waals surface area contributed by atoms with Gasteiger partial charge in [0.1, 0.15) is 0 Å². The lowest BCUT2D eigenvalue weighted by atomic mass is 9.96. The molecule has 98 valence electrons. The van der Waals surface area contributed by atoms with Crippen LogP contribution in [-0.4, -0.2) is 17.4 Å². The van der Waals surface area contributed by atoms with Crippen molar-refractivity contribution < 1.29 is 4.79 Å². The van der Waals surface area contributed by atoms with E-state index in [0.717, 1.165) is 19.4 Å². The zero-order valence-corrected chi connectivity index (χ0v) is 11.6. The summed E-state index contributed by atoms with van der Waals surface area (Å²) in [4.78, 5) is 14.4. The molecular formula is C16H23NO. The van der Waals surface area contributed by atoms with Crippen LogP contribution in [0.25, 0.3) is 0 Å². The molecule has 0 radical (unpaired) electrons. The van der Waals surface area contributed by atoms with Crippen LogP contribution in [0.15, 0.2) is 30.3 Å². The summed E-state index contributed by atoms with van der Waals surface area (Å²) in [5, 5.41) is 0. The minimum Gasteiger partial charge on any atom is -0.336 e. The molecule has 1 saturated heterocycles. The van der Waals surface area contributed by atoms with E-state index in [1.54, 1.807) is 0 Å². The maximum Gasteiger partial charge on any atom is 0.226 e. The van der Waals surface area contributed by atoms with E-state index in [1.807, 2.05) is 23.1 Å². The smallest absolute Gasteiger partial charge is 0.226 e. The molecule has 0 N–H and O–H groups in total. The van der Waals surface area contributed by atoms with Crippen molar-refractivity contribution in [3.63, 3.8) is 0 Å². The molecule has 2 rings (SSSR count). The minimum absolute atomic E-state index is 0.205. The number of carbonyl (C=O) groups is 1. The third kappa shape index (κ3) is 2.74. The van der Waals surface area contributed by atoms with E-state index in [0.29, 0.717) is 11.8 Å². The molecule has 0 bridgehead atoms. The predicted molar refractivity (Wildman–Crippen MR) is 74.1 cm³/mol. The van der Waals surface area contributed by atoms with E-state index in [2.05, 4.69) is 32.9 Å². The van der Waals surface area contributed by atoms with Gasteiger partial charge >= 0.3 is 0 Å². The van der Waals surface area contributed by atoms with Gasteiger partial charge in [-0.15, -0.1) is 0 Å². The van der Waals surface area contributed by atoms with Crippen LogP contribution in [0.5, 0.6) is 0 Å². The molecule has 1 aliphatic heterocycles. The highest BCUT2D eigenvalue weighted by Crippen LogP contribution is 2.31. The molecule has 1 heterocycles. The van der Waals surface area contributed by atoms with Gasteiger partial charge < -0.3 is 4.90 Å². The molecule has 1 fully saturated rings. The van der Waals surface area contributed by atoms with E-state index in [9.17, 15) is 4.79 Å². The summed E-state index contributed by atoms with van der Waals surface area (Å²) in [6.45, 7) is 7.42. The molecule has 2 nitrogen and oxygen atoms in total. The van der Waals surface area contributed by atoms with Crippen molar-refractivity contribution in [3.8, 4) is 0 Å². The van der Waals surface area contributed by atoms with Crippen molar-refractivity contribution in [1.29, 1.82) is 0 Å². The Kier molecular flexibility index (Phi) is 4.05. The monoisotopic (exact) mass is 245 g/mol. The Hall–Kier alpha value is -1.31. The van der Waals surface area contributed by atoms with Gasteiger partial charge in [-0.05, 0) is 31.2 Å². The first-order chi connectivity index (χ1) is 8.59. The molecule has 0 spiro atoms. The van der Waals surface area contributed by atoms with E-state index < -0.39 is 0 Å². The number of benzene rings is 1. The van der Waals surface area contributed by atoms with Crippen LogP contribution in [0, 0.1) is 11.8 Å². The Labute approximate surface area is 110 Å². The minimum atomic E-state index is 0.205. The fourth-order valence-corrected chi connectivity index (χ4v) is 2.85. The number of hydrogen-bond donors (Lipinski definition) is 0. The van der Waals surface area contributed by atoms with Gasteiger partial charge in [-0.2, -0.15) is 0 Å². The van der Waals surface area contributed by atoms with E-state index in [1.165, 1.54) is 5.56 Å². The molecular weight excluding hydrogens is 222 g/mol. The Morgan fingerprint density at radius 2 is 1.89 bits per heavy atom. The van der Waals surface area contributed by atoms with Gasteiger partial charge in [0.15, 0.2) is 0 Å².